The first kappa shape index (κ1) is 14.7. The number of nitrogens with one attached hydrogen (secondary N) is 1. The Balaban J connectivity index is 1.69. The average Bonchev–Trinajstić information content (AvgIpc) is 3.24. The van der Waals surface area contributed by atoms with Crippen molar-refractivity contribution in [2.75, 3.05) is 5.32 Å². The summed E-state index contributed by atoms with van der Waals surface area (Å²) in [6.45, 7) is 0. The maximum absolute atomic E-state index is 12.7. The second-order valence-electron chi connectivity index (χ2n) is 5.82. The van der Waals surface area contributed by atoms with E-state index in [2.05, 4.69) is 26.3 Å². The fourth-order valence-electron chi connectivity index (χ4n) is 3.31. The second kappa shape index (κ2) is 5.98. The molecule has 1 aliphatic carbocycles. The van der Waals surface area contributed by atoms with Crippen LogP contribution in [0.3, 0.4) is 0 Å². The van der Waals surface area contributed by atoms with Crippen LogP contribution >= 0.6 is 22.9 Å². The van der Waals surface area contributed by atoms with Crippen LogP contribution in [0.5, 0.6) is 0 Å². The lowest BCUT2D eigenvalue weighted by atomic mass is 10.2. The molecule has 1 saturated carbocycles. The van der Waals surface area contributed by atoms with Gasteiger partial charge in [0.25, 0.3) is 5.91 Å². The molecule has 4 nitrogen and oxygen atoms in total. The van der Waals surface area contributed by atoms with E-state index in [0.717, 1.165) is 28.8 Å². The van der Waals surface area contributed by atoms with Gasteiger partial charge in [0.05, 0.1) is 15.2 Å². The summed E-state index contributed by atoms with van der Waals surface area (Å²) < 4.78 is 3.37. The number of rotatable bonds is 3. The number of nitrogens with zero attached hydrogens (tertiary/aromatic N) is 2. The van der Waals surface area contributed by atoms with Gasteiger partial charge in [-0.2, -0.15) is 0 Å². The summed E-state index contributed by atoms with van der Waals surface area (Å²) in [5.74, 6) is 0.400. The standard InChI is InChI=1S/C17H16ClN3OS/c18-11-5-6-16(19-10-11)20-17(22)14-9-15-13(7-8-23-15)21(14)12-3-1-2-4-12/h5-10,12H,1-4H2,(H,19,20,22). The van der Waals surface area contributed by atoms with E-state index >= 15 is 0 Å². The molecule has 0 radical (unpaired) electrons. The Morgan fingerprint density at radius 3 is 2.87 bits per heavy atom. The number of carbonyl (C=O) groups is 1. The first-order chi connectivity index (χ1) is 11.2. The van der Waals surface area contributed by atoms with Crippen molar-refractivity contribution < 1.29 is 4.79 Å². The number of fused-ring (bicyclic) bond motifs is 1. The maximum Gasteiger partial charge on any atom is 0.273 e. The molecule has 0 spiro atoms. The van der Waals surface area contributed by atoms with Gasteiger partial charge in [-0.15, -0.1) is 11.3 Å². The van der Waals surface area contributed by atoms with Crippen molar-refractivity contribution in [3.05, 3.63) is 46.6 Å². The van der Waals surface area contributed by atoms with Crippen LogP contribution in [0.1, 0.15) is 42.2 Å². The van der Waals surface area contributed by atoms with E-state index in [4.69, 9.17) is 11.6 Å². The Morgan fingerprint density at radius 1 is 1.30 bits per heavy atom. The Kier molecular flexibility index (Phi) is 3.83. The molecule has 4 rings (SSSR count). The Labute approximate surface area is 143 Å². The van der Waals surface area contributed by atoms with Crippen molar-refractivity contribution in [2.45, 2.75) is 31.7 Å². The fraction of sp³-hybridized carbons (Fsp3) is 0.294. The number of aromatic nitrogens is 2. The van der Waals surface area contributed by atoms with Crippen molar-refractivity contribution >= 4 is 44.9 Å². The minimum absolute atomic E-state index is 0.116. The fourth-order valence-corrected chi connectivity index (χ4v) is 4.23. The van der Waals surface area contributed by atoms with Crippen LogP contribution < -0.4 is 5.32 Å². The summed E-state index contributed by atoms with van der Waals surface area (Å²) in [5, 5.41) is 5.51. The van der Waals surface area contributed by atoms with Crippen LogP contribution in [0.25, 0.3) is 10.2 Å². The molecule has 1 fully saturated rings. The molecule has 0 bridgehead atoms. The predicted molar refractivity (Wildman–Crippen MR) is 94.5 cm³/mol. The molecule has 23 heavy (non-hydrogen) atoms. The number of pyridine rings is 1. The average molecular weight is 346 g/mol. The molecule has 0 aromatic carbocycles. The summed E-state index contributed by atoms with van der Waals surface area (Å²) in [6.07, 6.45) is 6.27. The molecule has 0 atom stereocenters. The van der Waals surface area contributed by atoms with Gasteiger partial charge in [0, 0.05) is 12.2 Å². The van der Waals surface area contributed by atoms with E-state index in [9.17, 15) is 4.79 Å². The Bertz CT molecular complexity index is 846. The highest BCUT2D eigenvalue weighted by Gasteiger charge is 2.25. The number of hydrogen-bond donors (Lipinski definition) is 1. The van der Waals surface area contributed by atoms with Crippen LogP contribution in [0.15, 0.2) is 35.8 Å². The molecule has 6 heteroatoms. The topological polar surface area (TPSA) is 46.9 Å². The number of carbonyl (C=O) groups excluding carboxylic acids is 1. The van der Waals surface area contributed by atoms with Gasteiger partial charge in [0.2, 0.25) is 0 Å². The quantitative estimate of drug-likeness (QED) is 0.716. The van der Waals surface area contributed by atoms with E-state index < -0.39 is 0 Å². The Hall–Kier alpha value is -1.85. The molecule has 0 aliphatic heterocycles. The van der Waals surface area contributed by atoms with Crippen molar-refractivity contribution in [2.24, 2.45) is 0 Å². The highest BCUT2D eigenvalue weighted by atomic mass is 35.5. The van der Waals surface area contributed by atoms with E-state index in [1.807, 2.05) is 6.07 Å². The number of halogens is 1. The highest BCUT2D eigenvalue weighted by Crippen LogP contribution is 2.36. The van der Waals surface area contributed by atoms with Crippen LogP contribution in [0, 0.1) is 0 Å². The van der Waals surface area contributed by atoms with Gasteiger partial charge in [-0.3, -0.25) is 4.79 Å². The van der Waals surface area contributed by atoms with E-state index in [1.165, 1.54) is 19.0 Å². The summed E-state index contributed by atoms with van der Waals surface area (Å²) in [6, 6.07) is 7.95. The third kappa shape index (κ3) is 2.75. The highest BCUT2D eigenvalue weighted by molar-refractivity contribution is 7.17. The van der Waals surface area contributed by atoms with E-state index in [-0.39, 0.29) is 5.91 Å². The van der Waals surface area contributed by atoms with E-state index in [1.54, 1.807) is 23.5 Å². The van der Waals surface area contributed by atoms with Gasteiger partial charge in [0.15, 0.2) is 0 Å². The van der Waals surface area contributed by atoms with Crippen LogP contribution in [0.4, 0.5) is 5.82 Å². The maximum atomic E-state index is 12.7. The van der Waals surface area contributed by atoms with Gasteiger partial charge in [0.1, 0.15) is 11.5 Å². The third-order valence-electron chi connectivity index (χ3n) is 4.35. The monoisotopic (exact) mass is 345 g/mol. The summed E-state index contributed by atoms with van der Waals surface area (Å²) >= 11 is 7.51. The number of anilines is 1. The van der Waals surface area contributed by atoms with E-state index in [0.29, 0.717) is 16.9 Å². The van der Waals surface area contributed by atoms with Gasteiger partial charge >= 0.3 is 0 Å². The van der Waals surface area contributed by atoms with Crippen LogP contribution in [-0.4, -0.2) is 15.5 Å². The summed E-state index contributed by atoms with van der Waals surface area (Å²) in [5.41, 5.74) is 1.88. The minimum Gasteiger partial charge on any atom is -0.333 e. The molecule has 1 amide bonds. The summed E-state index contributed by atoms with van der Waals surface area (Å²) in [4.78, 5) is 16.9. The molecular weight excluding hydrogens is 330 g/mol. The molecule has 3 heterocycles. The predicted octanol–water partition coefficient (Wildman–Crippen LogP) is 5.12. The van der Waals surface area contributed by atoms with Gasteiger partial charge in [-0.1, -0.05) is 24.4 Å². The zero-order valence-corrected chi connectivity index (χ0v) is 14.0. The van der Waals surface area contributed by atoms with Crippen LogP contribution in [0.2, 0.25) is 5.02 Å². The molecule has 0 saturated heterocycles. The zero-order chi connectivity index (χ0) is 15.8. The number of amides is 1. The van der Waals surface area contributed by atoms with Crippen molar-refractivity contribution in [1.29, 1.82) is 0 Å². The van der Waals surface area contributed by atoms with Crippen molar-refractivity contribution in [1.82, 2.24) is 9.55 Å². The molecule has 3 aromatic rings. The molecule has 3 aromatic heterocycles. The first-order valence-corrected chi connectivity index (χ1v) is 8.99. The second-order valence-corrected chi connectivity index (χ2v) is 7.21. The lowest BCUT2D eigenvalue weighted by Crippen LogP contribution is -2.19. The molecular formula is C17H16ClN3OS. The zero-order valence-electron chi connectivity index (χ0n) is 12.5. The van der Waals surface area contributed by atoms with Crippen LogP contribution in [-0.2, 0) is 0 Å². The molecule has 118 valence electrons. The Morgan fingerprint density at radius 2 is 2.13 bits per heavy atom. The largest absolute Gasteiger partial charge is 0.333 e. The normalized spacial score (nSPS) is 15.3. The number of hydrogen-bond acceptors (Lipinski definition) is 3. The molecule has 0 unspecified atom stereocenters. The summed E-state index contributed by atoms with van der Waals surface area (Å²) in [7, 11) is 0. The molecule has 1 N–H and O–H groups in total. The molecule has 1 aliphatic rings. The number of thiophene rings is 1. The van der Waals surface area contributed by atoms with Crippen molar-refractivity contribution in [3.8, 4) is 0 Å². The smallest absolute Gasteiger partial charge is 0.273 e. The van der Waals surface area contributed by atoms with Crippen molar-refractivity contribution in [3.63, 3.8) is 0 Å². The minimum atomic E-state index is -0.116. The van der Waals surface area contributed by atoms with Gasteiger partial charge < -0.3 is 9.88 Å². The lowest BCUT2D eigenvalue weighted by Gasteiger charge is -2.17. The van der Waals surface area contributed by atoms with Gasteiger partial charge in [-0.05, 0) is 42.5 Å². The third-order valence-corrected chi connectivity index (χ3v) is 5.43. The first-order valence-electron chi connectivity index (χ1n) is 7.74. The SMILES string of the molecule is O=C(Nc1ccc(Cl)cn1)c1cc2sccc2n1C1CCCC1. The lowest BCUT2D eigenvalue weighted by molar-refractivity contribution is 0.101. The van der Waals surface area contributed by atoms with Gasteiger partial charge in [-0.25, -0.2) is 4.98 Å².